The summed E-state index contributed by atoms with van der Waals surface area (Å²) in [4.78, 5) is 15.1. The van der Waals surface area contributed by atoms with Crippen LogP contribution in [0.2, 0.25) is 0 Å². The molecule has 1 rings (SSSR count). The highest BCUT2D eigenvalue weighted by molar-refractivity contribution is 8.13. The molecule has 0 fully saturated rings. The molecular formula is C10H10N4OS. The van der Waals surface area contributed by atoms with Gasteiger partial charge in [-0.1, -0.05) is 17.8 Å². The first-order chi connectivity index (χ1) is 7.67. The van der Waals surface area contributed by atoms with Crippen LogP contribution in [0.3, 0.4) is 0 Å². The van der Waals surface area contributed by atoms with E-state index < -0.39 is 5.91 Å². The average Bonchev–Trinajstić information content (AvgIpc) is 2.29. The number of hydrogen-bond acceptors (Lipinski definition) is 4. The van der Waals surface area contributed by atoms with E-state index in [0.717, 1.165) is 0 Å². The molecule has 1 amide bonds. The summed E-state index contributed by atoms with van der Waals surface area (Å²) in [6.07, 6.45) is 3.58. The fourth-order valence-electron chi connectivity index (χ4n) is 1.02. The Labute approximate surface area is 97.4 Å². The second-order valence-corrected chi connectivity index (χ2v) is 3.57. The van der Waals surface area contributed by atoms with E-state index in [0.29, 0.717) is 16.4 Å². The number of amidine groups is 1. The number of hydrogen-bond donors (Lipinski definition) is 2. The van der Waals surface area contributed by atoms with Crippen molar-refractivity contribution in [3.05, 3.63) is 29.8 Å². The van der Waals surface area contributed by atoms with Crippen LogP contribution in [0.1, 0.15) is 10.4 Å². The summed E-state index contributed by atoms with van der Waals surface area (Å²) >= 11 is 1.30. The summed E-state index contributed by atoms with van der Waals surface area (Å²) in [5.74, 6) is -0.504. The molecule has 0 radical (unpaired) electrons. The maximum Gasteiger partial charge on any atom is 0.248 e. The van der Waals surface area contributed by atoms with Crippen molar-refractivity contribution in [3.8, 4) is 6.19 Å². The van der Waals surface area contributed by atoms with Gasteiger partial charge in [0.05, 0.1) is 5.69 Å². The number of benzene rings is 1. The number of primary amides is 1. The number of thioether (sulfide) groups is 1. The van der Waals surface area contributed by atoms with E-state index in [4.69, 9.17) is 11.0 Å². The fraction of sp³-hybridized carbons (Fsp3) is 0.100. The maximum atomic E-state index is 10.9. The van der Waals surface area contributed by atoms with Gasteiger partial charge in [-0.15, -0.1) is 0 Å². The lowest BCUT2D eigenvalue weighted by atomic mass is 10.2. The lowest BCUT2D eigenvalue weighted by Crippen LogP contribution is -2.13. The molecule has 0 aliphatic heterocycles. The first-order valence-corrected chi connectivity index (χ1v) is 5.57. The van der Waals surface area contributed by atoms with Crippen LogP contribution >= 0.6 is 11.8 Å². The van der Waals surface area contributed by atoms with Crippen molar-refractivity contribution in [1.82, 2.24) is 5.32 Å². The molecular weight excluding hydrogens is 224 g/mol. The number of amides is 1. The summed E-state index contributed by atoms with van der Waals surface area (Å²) in [5, 5.41) is 11.4. The number of aliphatic imine (C=N–C) groups is 1. The molecule has 0 bridgehead atoms. The molecule has 0 heterocycles. The van der Waals surface area contributed by atoms with Crippen LogP contribution in [-0.2, 0) is 0 Å². The van der Waals surface area contributed by atoms with Crippen LogP contribution in [0.15, 0.2) is 29.3 Å². The Morgan fingerprint density at radius 1 is 1.62 bits per heavy atom. The summed E-state index contributed by atoms with van der Waals surface area (Å²) in [7, 11) is 0. The Bertz CT molecular complexity index is 464. The van der Waals surface area contributed by atoms with Crippen LogP contribution in [-0.4, -0.2) is 17.3 Å². The van der Waals surface area contributed by atoms with Crippen molar-refractivity contribution in [1.29, 1.82) is 5.26 Å². The number of rotatable bonds is 2. The molecule has 6 heteroatoms. The standard InChI is InChI=1S/C10H10N4OS/c1-16-10(13-6-11)14-8-4-2-3-7(5-8)9(12)15/h2-5H,1H3,(H2,12,15)(H,13,14). The highest BCUT2D eigenvalue weighted by Crippen LogP contribution is 2.15. The van der Waals surface area contributed by atoms with Crippen LogP contribution in [0, 0.1) is 11.5 Å². The molecule has 0 saturated carbocycles. The first kappa shape index (κ1) is 12.1. The lowest BCUT2D eigenvalue weighted by Gasteiger charge is -2.00. The lowest BCUT2D eigenvalue weighted by molar-refractivity contribution is 0.100. The third-order valence-corrected chi connectivity index (χ3v) is 2.30. The molecule has 1 aromatic rings. The van der Waals surface area contributed by atoms with Crippen molar-refractivity contribution in [2.75, 3.05) is 6.26 Å². The number of nitrogens with one attached hydrogen (secondary N) is 1. The highest BCUT2D eigenvalue weighted by Gasteiger charge is 2.01. The summed E-state index contributed by atoms with van der Waals surface area (Å²) in [5.41, 5.74) is 6.10. The van der Waals surface area contributed by atoms with E-state index in [9.17, 15) is 4.79 Å². The molecule has 3 N–H and O–H groups in total. The zero-order chi connectivity index (χ0) is 12.0. The van der Waals surface area contributed by atoms with Gasteiger partial charge in [-0.2, -0.15) is 5.26 Å². The van der Waals surface area contributed by atoms with E-state index in [1.807, 2.05) is 0 Å². The largest absolute Gasteiger partial charge is 0.366 e. The van der Waals surface area contributed by atoms with Gasteiger partial charge in [0, 0.05) is 5.56 Å². The van der Waals surface area contributed by atoms with Gasteiger partial charge in [-0.3, -0.25) is 10.1 Å². The monoisotopic (exact) mass is 234 g/mol. The molecule has 0 spiro atoms. The third kappa shape index (κ3) is 3.29. The van der Waals surface area contributed by atoms with E-state index in [1.165, 1.54) is 11.8 Å². The SMILES string of the molecule is CSC(=Nc1cccc(C(N)=O)c1)NC#N. The molecule has 0 atom stereocenters. The van der Waals surface area contributed by atoms with Crippen molar-refractivity contribution < 1.29 is 4.79 Å². The number of carbonyl (C=O) groups is 1. The third-order valence-electron chi connectivity index (χ3n) is 1.72. The molecule has 1 aromatic carbocycles. The van der Waals surface area contributed by atoms with Gasteiger partial charge in [0.1, 0.15) is 0 Å². The second-order valence-electron chi connectivity index (χ2n) is 2.77. The quantitative estimate of drug-likeness (QED) is 0.348. The van der Waals surface area contributed by atoms with Gasteiger partial charge >= 0.3 is 0 Å². The van der Waals surface area contributed by atoms with Crippen LogP contribution in [0.25, 0.3) is 0 Å². The molecule has 0 aromatic heterocycles. The fourth-order valence-corrected chi connectivity index (χ4v) is 1.36. The smallest absolute Gasteiger partial charge is 0.248 e. The Morgan fingerprint density at radius 2 is 2.38 bits per heavy atom. The summed E-state index contributed by atoms with van der Waals surface area (Å²) < 4.78 is 0. The Balaban J connectivity index is 3.00. The zero-order valence-electron chi connectivity index (χ0n) is 8.60. The van der Waals surface area contributed by atoms with Gasteiger partial charge in [-0.25, -0.2) is 4.99 Å². The van der Waals surface area contributed by atoms with Crippen LogP contribution in [0.5, 0.6) is 0 Å². The predicted molar refractivity (Wildman–Crippen MR) is 64.3 cm³/mol. The topological polar surface area (TPSA) is 91.3 Å². The van der Waals surface area contributed by atoms with Gasteiger partial charge in [0.2, 0.25) is 5.91 Å². The van der Waals surface area contributed by atoms with E-state index in [1.54, 1.807) is 36.7 Å². The molecule has 0 aliphatic carbocycles. The van der Waals surface area contributed by atoms with E-state index in [2.05, 4.69) is 10.3 Å². The minimum Gasteiger partial charge on any atom is -0.366 e. The highest BCUT2D eigenvalue weighted by atomic mass is 32.2. The Morgan fingerprint density at radius 3 is 2.94 bits per heavy atom. The minimum absolute atomic E-state index is 0.388. The van der Waals surface area contributed by atoms with Gasteiger partial charge in [-0.05, 0) is 24.5 Å². The molecule has 5 nitrogen and oxygen atoms in total. The van der Waals surface area contributed by atoms with Crippen molar-refractivity contribution in [3.63, 3.8) is 0 Å². The van der Waals surface area contributed by atoms with Crippen LogP contribution in [0.4, 0.5) is 5.69 Å². The predicted octanol–water partition coefficient (Wildman–Crippen LogP) is 1.21. The van der Waals surface area contributed by atoms with Gasteiger partial charge < -0.3 is 5.73 Å². The Kier molecular flexibility index (Phi) is 4.36. The Hall–Kier alpha value is -2.00. The molecule has 0 saturated heterocycles. The molecule has 16 heavy (non-hydrogen) atoms. The van der Waals surface area contributed by atoms with Crippen LogP contribution < -0.4 is 11.1 Å². The van der Waals surface area contributed by atoms with Crippen molar-refractivity contribution >= 4 is 28.5 Å². The second kappa shape index (κ2) is 5.78. The molecule has 0 unspecified atom stereocenters. The van der Waals surface area contributed by atoms with Gasteiger partial charge in [0.15, 0.2) is 11.4 Å². The zero-order valence-corrected chi connectivity index (χ0v) is 9.41. The first-order valence-electron chi connectivity index (χ1n) is 4.35. The molecule has 0 aliphatic rings. The van der Waals surface area contributed by atoms with Gasteiger partial charge in [0.25, 0.3) is 0 Å². The normalized spacial score (nSPS) is 10.6. The number of carbonyl (C=O) groups excluding carboxylic acids is 1. The van der Waals surface area contributed by atoms with Crippen molar-refractivity contribution in [2.45, 2.75) is 0 Å². The van der Waals surface area contributed by atoms with E-state index in [-0.39, 0.29) is 0 Å². The summed E-state index contributed by atoms with van der Waals surface area (Å²) in [6, 6.07) is 6.58. The van der Waals surface area contributed by atoms with Crippen molar-refractivity contribution in [2.24, 2.45) is 10.7 Å². The number of nitrogens with two attached hydrogens (primary N) is 1. The number of nitrogens with zero attached hydrogens (tertiary/aromatic N) is 2. The molecule has 82 valence electrons. The summed E-state index contributed by atoms with van der Waals surface area (Å²) in [6.45, 7) is 0. The average molecular weight is 234 g/mol. The van der Waals surface area contributed by atoms with E-state index >= 15 is 0 Å². The number of nitriles is 1. The maximum absolute atomic E-state index is 10.9. The minimum atomic E-state index is -0.504.